The number of hydrogen-bond acceptors (Lipinski definition) is 6. The summed E-state index contributed by atoms with van der Waals surface area (Å²) in [5.41, 5.74) is 2.42. The minimum atomic E-state index is 0.256. The Hall–Kier alpha value is -1.77. The van der Waals surface area contributed by atoms with Crippen LogP contribution in [0.3, 0.4) is 0 Å². The van der Waals surface area contributed by atoms with E-state index in [-0.39, 0.29) is 6.61 Å². The summed E-state index contributed by atoms with van der Waals surface area (Å²) in [7, 11) is 0. The van der Waals surface area contributed by atoms with Gasteiger partial charge in [-0.1, -0.05) is 6.92 Å². The van der Waals surface area contributed by atoms with Crippen molar-refractivity contribution in [1.82, 2.24) is 19.6 Å². The molecule has 0 saturated carbocycles. The van der Waals surface area contributed by atoms with Crippen LogP contribution >= 0.6 is 11.3 Å². The lowest BCUT2D eigenvalue weighted by Crippen LogP contribution is -3.15. The van der Waals surface area contributed by atoms with Crippen LogP contribution in [0.5, 0.6) is 0 Å². The molecule has 0 spiro atoms. The van der Waals surface area contributed by atoms with Gasteiger partial charge in [0.05, 0.1) is 38.2 Å². The van der Waals surface area contributed by atoms with E-state index in [0.29, 0.717) is 0 Å². The molecule has 1 saturated heterocycles. The largest absolute Gasteiger partial charge is 0.391 e. The molecule has 138 valence electrons. The second-order valence-electron chi connectivity index (χ2n) is 7.65. The first kappa shape index (κ1) is 16.4. The number of thiophene rings is 1. The predicted molar refractivity (Wildman–Crippen MR) is 102 cm³/mol. The smallest absolute Gasteiger partial charge is 0.230 e. The number of hydrogen-bond donors (Lipinski definition) is 2. The van der Waals surface area contributed by atoms with Crippen LogP contribution in [0.4, 0.5) is 5.95 Å². The van der Waals surface area contributed by atoms with Crippen molar-refractivity contribution in [2.75, 3.05) is 44.2 Å². The third kappa shape index (κ3) is 2.59. The summed E-state index contributed by atoms with van der Waals surface area (Å²) in [5, 5.41) is 14.9. The molecule has 8 heteroatoms. The molecule has 0 bridgehead atoms. The third-order valence-corrected chi connectivity index (χ3v) is 7.06. The number of aromatic nitrogens is 4. The molecule has 1 aliphatic heterocycles. The molecule has 0 amide bonds. The number of quaternary nitrogens is 1. The van der Waals surface area contributed by atoms with E-state index in [9.17, 15) is 0 Å². The minimum Gasteiger partial charge on any atom is -0.391 e. The molecule has 7 nitrogen and oxygen atoms in total. The lowest BCUT2D eigenvalue weighted by molar-refractivity contribution is -0.900. The second kappa shape index (κ2) is 6.44. The maximum absolute atomic E-state index is 9.16. The first-order valence-electron chi connectivity index (χ1n) is 9.58. The fourth-order valence-electron chi connectivity index (χ4n) is 4.39. The number of aliphatic hydroxyl groups is 1. The summed E-state index contributed by atoms with van der Waals surface area (Å²) in [6.45, 7) is 7.34. The molecular weight excluding hydrogens is 348 g/mol. The van der Waals surface area contributed by atoms with Gasteiger partial charge < -0.3 is 14.9 Å². The highest BCUT2D eigenvalue weighted by Crippen LogP contribution is 2.39. The van der Waals surface area contributed by atoms with Crippen molar-refractivity contribution >= 4 is 33.1 Å². The average molecular weight is 374 g/mol. The molecule has 2 N–H and O–H groups in total. The molecule has 3 aromatic heterocycles. The Morgan fingerprint density at radius 3 is 3.00 bits per heavy atom. The monoisotopic (exact) mass is 373 g/mol. The van der Waals surface area contributed by atoms with E-state index in [4.69, 9.17) is 10.1 Å². The van der Waals surface area contributed by atoms with Gasteiger partial charge in [0.2, 0.25) is 5.95 Å². The SMILES string of the molecule is C[C@H]1CCc2sc3nc(N4CC[NH+](CCO)CC4)n4ncnc4c3c2C1. The molecule has 26 heavy (non-hydrogen) atoms. The Labute approximate surface area is 156 Å². The summed E-state index contributed by atoms with van der Waals surface area (Å²) < 4.78 is 1.94. The van der Waals surface area contributed by atoms with Crippen LogP contribution in [0.15, 0.2) is 6.33 Å². The van der Waals surface area contributed by atoms with Crippen molar-refractivity contribution in [3.8, 4) is 0 Å². The molecule has 4 heterocycles. The fourth-order valence-corrected chi connectivity index (χ4v) is 5.59. The van der Waals surface area contributed by atoms with Crippen LogP contribution in [0.1, 0.15) is 23.8 Å². The quantitative estimate of drug-likeness (QED) is 0.685. The van der Waals surface area contributed by atoms with E-state index in [1.165, 1.54) is 27.1 Å². The van der Waals surface area contributed by atoms with E-state index >= 15 is 0 Å². The van der Waals surface area contributed by atoms with Gasteiger partial charge >= 0.3 is 0 Å². The Balaban J connectivity index is 1.58. The van der Waals surface area contributed by atoms with Crippen molar-refractivity contribution in [3.05, 3.63) is 16.8 Å². The molecule has 0 unspecified atom stereocenters. The van der Waals surface area contributed by atoms with Crippen LogP contribution in [0, 0.1) is 5.92 Å². The summed E-state index contributed by atoms with van der Waals surface area (Å²) in [6, 6.07) is 0. The Kier molecular flexibility index (Phi) is 4.06. The topological polar surface area (TPSA) is 71.0 Å². The number of rotatable bonds is 3. The number of aryl methyl sites for hydroxylation is 1. The first-order valence-corrected chi connectivity index (χ1v) is 10.4. The second-order valence-corrected chi connectivity index (χ2v) is 8.73. The van der Waals surface area contributed by atoms with E-state index in [1.54, 1.807) is 6.33 Å². The van der Waals surface area contributed by atoms with Gasteiger partial charge in [-0.25, -0.2) is 9.97 Å². The number of piperazine rings is 1. The van der Waals surface area contributed by atoms with Crippen molar-refractivity contribution < 1.29 is 10.0 Å². The molecule has 0 radical (unpaired) electrons. The molecule has 1 fully saturated rings. The fraction of sp³-hybridized carbons (Fsp3) is 0.611. The van der Waals surface area contributed by atoms with Gasteiger partial charge in [-0.05, 0) is 30.7 Å². The Bertz CT molecular complexity index is 942. The van der Waals surface area contributed by atoms with Crippen LogP contribution in [-0.4, -0.2) is 64.0 Å². The van der Waals surface area contributed by atoms with Gasteiger partial charge in [0, 0.05) is 4.88 Å². The summed E-state index contributed by atoms with van der Waals surface area (Å²) in [5.74, 6) is 1.64. The number of nitrogens with zero attached hydrogens (tertiary/aromatic N) is 5. The molecular formula is C18H25N6OS+. The van der Waals surface area contributed by atoms with Gasteiger partial charge in [0.1, 0.15) is 17.7 Å². The molecule has 1 atom stereocenters. The zero-order valence-electron chi connectivity index (χ0n) is 15.1. The average Bonchev–Trinajstić information content (AvgIpc) is 3.25. The van der Waals surface area contributed by atoms with Gasteiger partial charge in [0.15, 0.2) is 5.65 Å². The zero-order chi connectivity index (χ0) is 17.7. The van der Waals surface area contributed by atoms with Crippen molar-refractivity contribution in [2.45, 2.75) is 26.2 Å². The van der Waals surface area contributed by atoms with E-state index in [2.05, 4.69) is 21.9 Å². The Morgan fingerprint density at radius 2 is 2.19 bits per heavy atom. The number of anilines is 1. The van der Waals surface area contributed by atoms with E-state index < -0.39 is 0 Å². The summed E-state index contributed by atoms with van der Waals surface area (Å²) >= 11 is 1.85. The standard InChI is InChI=1S/C18H24N6OS/c1-12-2-3-14-13(10-12)15-16-19-11-20-24(16)18(21-17(15)26-14)23-6-4-22(5-7-23)8-9-25/h11-12,25H,2-10H2,1H3/p+1/t12-/m0/s1. The first-order chi connectivity index (χ1) is 12.7. The highest BCUT2D eigenvalue weighted by molar-refractivity contribution is 7.19. The van der Waals surface area contributed by atoms with Gasteiger partial charge in [-0.3, -0.25) is 0 Å². The predicted octanol–water partition coefficient (Wildman–Crippen LogP) is 0.161. The molecule has 3 aromatic rings. The highest BCUT2D eigenvalue weighted by Gasteiger charge is 2.27. The van der Waals surface area contributed by atoms with Gasteiger partial charge in [-0.15, -0.1) is 11.3 Å². The van der Waals surface area contributed by atoms with Crippen molar-refractivity contribution in [3.63, 3.8) is 0 Å². The molecule has 0 aromatic carbocycles. The number of aliphatic hydroxyl groups excluding tert-OH is 1. The maximum atomic E-state index is 9.16. The highest BCUT2D eigenvalue weighted by atomic mass is 32.1. The Morgan fingerprint density at radius 1 is 1.35 bits per heavy atom. The molecule has 2 aliphatic rings. The van der Waals surface area contributed by atoms with Gasteiger partial charge in [0.25, 0.3) is 0 Å². The normalized spacial score (nSPS) is 21.6. The lowest BCUT2D eigenvalue weighted by atomic mass is 9.89. The van der Waals surface area contributed by atoms with Crippen molar-refractivity contribution in [1.29, 1.82) is 0 Å². The zero-order valence-corrected chi connectivity index (χ0v) is 15.9. The summed E-state index contributed by atoms with van der Waals surface area (Å²) in [6.07, 6.45) is 5.22. The van der Waals surface area contributed by atoms with Crippen LogP contribution in [0.25, 0.3) is 15.9 Å². The lowest BCUT2D eigenvalue weighted by Gasteiger charge is -2.32. The van der Waals surface area contributed by atoms with E-state index in [1.807, 2.05) is 15.9 Å². The van der Waals surface area contributed by atoms with Crippen molar-refractivity contribution in [2.24, 2.45) is 5.92 Å². The third-order valence-electron chi connectivity index (χ3n) is 5.87. The van der Waals surface area contributed by atoms with E-state index in [0.717, 1.165) is 67.9 Å². The number of nitrogens with one attached hydrogen (secondary N) is 1. The van der Waals surface area contributed by atoms with Gasteiger partial charge in [-0.2, -0.15) is 9.61 Å². The van der Waals surface area contributed by atoms with Crippen LogP contribution < -0.4 is 9.80 Å². The van der Waals surface area contributed by atoms with Crippen LogP contribution in [0.2, 0.25) is 0 Å². The molecule has 1 aliphatic carbocycles. The maximum Gasteiger partial charge on any atom is 0.230 e. The molecule has 5 rings (SSSR count). The van der Waals surface area contributed by atoms with Crippen LogP contribution in [-0.2, 0) is 12.8 Å². The minimum absolute atomic E-state index is 0.256. The number of fused-ring (bicyclic) bond motifs is 5. The summed E-state index contributed by atoms with van der Waals surface area (Å²) in [4.78, 5) is 16.0.